The Hall–Kier alpha value is -1.39. The highest BCUT2D eigenvalue weighted by Crippen LogP contribution is 2.34. The second kappa shape index (κ2) is 6.17. The van der Waals surface area contributed by atoms with Crippen molar-refractivity contribution in [3.05, 3.63) is 35.4 Å². The molecule has 19 heavy (non-hydrogen) atoms. The number of benzene rings is 1. The van der Waals surface area contributed by atoms with Crippen LogP contribution < -0.4 is 11.1 Å². The van der Waals surface area contributed by atoms with Crippen molar-refractivity contribution in [2.45, 2.75) is 37.8 Å². The number of hydrogen-bond acceptors (Lipinski definition) is 3. The predicted molar refractivity (Wildman–Crippen MR) is 74.6 cm³/mol. The van der Waals surface area contributed by atoms with E-state index in [0.717, 1.165) is 24.0 Å². The monoisotopic (exact) mass is 262 g/mol. The van der Waals surface area contributed by atoms with E-state index in [4.69, 9.17) is 10.5 Å². The van der Waals surface area contributed by atoms with Gasteiger partial charge >= 0.3 is 0 Å². The van der Waals surface area contributed by atoms with Gasteiger partial charge in [0, 0.05) is 20.2 Å². The summed E-state index contributed by atoms with van der Waals surface area (Å²) in [5, 5.41) is 2.96. The molecule has 1 aliphatic carbocycles. The first-order chi connectivity index (χ1) is 9.17. The SMILES string of the molecule is COC1(CNC(=O)Cc2ccc(CN)cc2)CCC1. The molecule has 3 N–H and O–H groups in total. The molecule has 0 spiro atoms. The molecule has 1 aromatic rings. The van der Waals surface area contributed by atoms with Crippen molar-refractivity contribution in [2.24, 2.45) is 5.73 Å². The van der Waals surface area contributed by atoms with E-state index in [1.165, 1.54) is 6.42 Å². The molecule has 0 aliphatic heterocycles. The first-order valence-corrected chi connectivity index (χ1v) is 6.77. The molecule has 0 aromatic heterocycles. The third-order valence-electron chi connectivity index (χ3n) is 3.93. The maximum Gasteiger partial charge on any atom is 0.224 e. The van der Waals surface area contributed by atoms with Gasteiger partial charge in [0.2, 0.25) is 5.91 Å². The number of ether oxygens (including phenoxy) is 1. The van der Waals surface area contributed by atoms with Gasteiger partial charge in [0.15, 0.2) is 0 Å². The Morgan fingerprint density at radius 1 is 1.32 bits per heavy atom. The molecule has 1 saturated carbocycles. The minimum Gasteiger partial charge on any atom is -0.376 e. The molecule has 1 fully saturated rings. The molecular formula is C15H22N2O2. The van der Waals surface area contributed by atoms with Crippen LogP contribution in [0.5, 0.6) is 0 Å². The molecule has 0 heterocycles. The summed E-state index contributed by atoms with van der Waals surface area (Å²) in [4.78, 5) is 11.9. The lowest BCUT2D eigenvalue weighted by molar-refractivity contribution is -0.124. The quantitative estimate of drug-likeness (QED) is 0.814. The van der Waals surface area contributed by atoms with E-state index in [-0.39, 0.29) is 11.5 Å². The summed E-state index contributed by atoms with van der Waals surface area (Å²) in [6.45, 7) is 1.14. The summed E-state index contributed by atoms with van der Waals surface area (Å²) in [6.07, 6.45) is 3.67. The molecule has 4 nitrogen and oxygen atoms in total. The zero-order chi connectivity index (χ0) is 13.7. The Morgan fingerprint density at radius 2 is 1.95 bits per heavy atom. The third-order valence-corrected chi connectivity index (χ3v) is 3.93. The van der Waals surface area contributed by atoms with Gasteiger partial charge in [-0.25, -0.2) is 0 Å². The van der Waals surface area contributed by atoms with Crippen molar-refractivity contribution in [2.75, 3.05) is 13.7 Å². The van der Waals surface area contributed by atoms with Crippen LogP contribution in [0.15, 0.2) is 24.3 Å². The molecule has 0 unspecified atom stereocenters. The largest absolute Gasteiger partial charge is 0.376 e. The van der Waals surface area contributed by atoms with E-state index < -0.39 is 0 Å². The number of rotatable bonds is 6. The van der Waals surface area contributed by atoms with Gasteiger partial charge in [-0.2, -0.15) is 0 Å². The molecule has 0 atom stereocenters. The van der Waals surface area contributed by atoms with Crippen LogP contribution >= 0.6 is 0 Å². The lowest BCUT2D eigenvalue weighted by Gasteiger charge is -2.40. The van der Waals surface area contributed by atoms with Crippen LogP contribution in [0.1, 0.15) is 30.4 Å². The smallest absolute Gasteiger partial charge is 0.224 e. The zero-order valence-corrected chi connectivity index (χ0v) is 11.4. The van der Waals surface area contributed by atoms with E-state index in [0.29, 0.717) is 19.5 Å². The standard InChI is InChI=1S/C15H22N2O2/c1-19-15(7-2-8-15)11-17-14(18)9-12-3-5-13(10-16)6-4-12/h3-6H,2,7-11,16H2,1H3,(H,17,18). The van der Waals surface area contributed by atoms with Gasteiger partial charge in [0.25, 0.3) is 0 Å². The van der Waals surface area contributed by atoms with Crippen molar-refractivity contribution >= 4 is 5.91 Å². The third kappa shape index (κ3) is 3.55. The minimum atomic E-state index is -0.112. The van der Waals surface area contributed by atoms with Crippen LogP contribution in [-0.2, 0) is 22.5 Å². The van der Waals surface area contributed by atoms with Gasteiger partial charge in [-0.3, -0.25) is 4.79 Å². The number of carbonyl (C=O) groups is 1. The Bertz CT molecular complexity index is 419. The maximum absolute atomic E-state index is 11.9. The van der Waals surface area contributed by atoms with Gasteiger partial charge < -0.3 is 15.8 Å². The highest BCUT2D eigenvalue weighted by molar-refractivity contribution is 5.78. The van der Waals surface area contributed by atoms with Gasteiger partial charge in [0.05, 0.1) is 12.0 Å². The van der Waals surface area contributed by atoms with Crippen molar-refractivity contribution in [1.82, 2.24) is 5.32 Å². The fraction of sp³-hybridized carbons (Fsp3) is 0.533. The summed E-state index contributed by atoms with van der Waals surface area (Å²) in [5.41, 5.74) is 7.52. The number of nitrogens with one attached hydrogen (secondary N) is 1. The minimum absolute atomic E-state index is 0.0452. The average Bonchev–Trinajstić information content (AvgIpc) is 2.39. The van der Waals surface area contributed by atoms with Crippen LogP contribution in [0.2, 0.25) is 0 Å². The highest BCUT2D eigenvalue weighted by Gasteiger charge is 2.37. The number of hydrogen-bond donors (Lipinski definition) is 2. The van der Waals surface area contributed by atoms with Crippen molar-refractivity contribution in [3.63, 3.8) is 0 Å². The number of amides is 1. The Morgan fingerprint density at radius 3 is 2.42 bits per heavy atom. The van der Waals surface area contributed by atoms with Crippen molar-refractivity contribution in [1.29, 1.82) is 0 Å². The fourth-order valence-electron chi connectivity index (χ4n) is 2.32. The lowest BCUT2D eigenvalue weighted by Crippen LogP contribution is -2.49. The van der Waals surface area contributed by atoms with Crippen LogP contribution in [0.3, 0.4) is 0 Å². The first kappa shape index (κ1) is 14.0. The van der Waals surface area contributed by atoms with E-state index >= 15 is 0 Å². The average molecular weight is 262 g/mol. The molecular weight excluding hydrogens is 240 g/mol. The van der Waals surface area contributed by atoms with Crippen LogP contribution in [0.25, 0.3) is 0 Å². The Balaban J connectivity index is 1.80. The normalized spacial score (nSPS) is 16.7. The maximum atomic E-state index is 11.9. The number of methoxy groups -OCH3 is 1. The fourth-order valence-corrected chi connectivity index (χ4v) is 2.32. The molecule has 0 radical (unpaired) electrons. The molecule has 4 heteroatoms. The summed E-state index contributed by atoms with van der Waals surface area (Å²) in [6, 6.07) is 7.84. The highest BCUT2D eigenvalue weighted by atomic mass is 16.5. The lowest BCUT2D eigenvalue weighted by atomic mass is 9.80. The zero-order valence-electron chi connectivity index (χ0n) is 11.4. The van der Waals surface area contributed by atoms with Crippen LogP contribution in [0, 0.1) is 0 Å². The Labute approximate surface area is 114 Å². The van der Waals surface area contributed by atoms with Gasteiger partial charge in [-0.15, -0.1) is 0 Å². The molecule has 1 aromatic carbocycles. The van der Waals surface area contributed by atoms with Gasteiger partial charge in [-0.05, 0) is 30.4 Å². The molecule has 0 saturated heterocycles. The van der Waals surface area contributed by atoms with Gasteiger partial charge in [-0.1, -0.05) is 24.3 Å². The van der Waals surface area contributed by atoms with Crippen molar-refractivity contribution < 1.29 is 9.53 Å². The van der Waals surface area contributed by atoms with Crippen molar-refractivity contribution in [3.8, 4) is 0 Å². The van der Waals surface area contributed by atoms with E-state index in [2.05, 4.69) is 5.32 Å². The molecule has 2 rings (SSSR count). The first-order valence-electron chi connectivity index (χ1n) is 6.77. The number of nitrogens with two attached hydrogens (primary N) is 1. The predicted octanol–water partition coefficient (Wildman–Crippen LogP) is 1.37. The molecule has 104 valence electrons. The summed E-state index contributed by atoms with van der Waals surface area (Å²) in [5.74, 6) is 0.0452. The Kier molecular flexibility index (Phi) is 4.56. The van der Waals surface area contributed by atoms with E-state index in [1.807, 2.05) is 24.3 Å². The van der Waals surface area contributed by atoms with Crippen LogP contribution in [-0.4, -0.2) is 25.2 Å². The van der Waals surface area contributed by atoms with E-state index in [1.54, 1.807) is 7.11 Å². The topological polar surface area (TPSA) is 64.3 Å². The second-order valence-electron chi connectivity index (χ2n) is 5.21. The van der Waals surface area contributed by atoms with E-state index in [9.17, 15) is 4.79 Å². The van der Waals surface area contributed by atoms with Gasteiger partial charge in [0.1, 0.15) is 0 Å². The van der Waals surface area contributed by atoms with Crippen LogP contribution in [0.4, 0.5) is 0 Å². The summed E-state index contributed by atoms with van der Waals surface area (Å²) in [7, 11) is 1.72. The number of carbonyl (C=O) groups excluding carboxylic acids is 1. The second-order valence-corrected chi connectivity index (χ2v) is 5.21. The summed E-state index contributed by atoms with van der Waals surface area (Å²) < 4.78 is 5.48. The summed E-state index contributed by atoms with van der Waals surface area (Å²) >= 11 is 0. The molecule has 0 bridgehead atoms. The molecule has 1 aliphatic rings. The molecule has 1 amide bonds.